The van der Waals surface area contributed by atoms with Crippen LogP contribution in [0.1, 0.15) is 11.1 Å². The predicted octanol–water partition coefficient (Wildman–Crippen LogP) is 0.718. The van der Waals surface area contributed by atoms with Crippen molar-refractivity contribution in [2.24, 2.45) is 0 Å². The molecule has 58 valence electrons. The molecule has 0 spiro atoms. The fourth-order valence-electron chi connectivity index (χ4n) is 0.814. The summed E-state index contributed by atoms with van der Waals surface area (Å²) in [4.78, 5) is 0. The highest BCUT2D eigenvalue weighted by Crippen LogP contribution is 2.26. The van der Waals surface area contributed by atoms with Gasteiger partial charge >= 0.3 is 0 Å². The van der Waals surface area contributed by atoms with Crippen LogP contribution >= 0.6 is 0 Å². The van der Waals surface area contributed by atoms with E-state index in [0.29, 0.717) is 0 Å². The van der Waals surface area contributed by atoms with Gasteiger partial charge in [0.15, 0.2) is 5.75 Å². The first-order chi connectivity index (χ1) is 5.70. The third-order valence-electron chi connectivity index (χ3n) is 1.44. The maximum Gasteiger partial charge on any atom is 0.157 e. The molecule has 0 aliphatic heterocycles. The van der Waals surface area contributed by atoms with E-state index in [4.69, 9.17) is 16.3 Å². The molecule has 0 radical (unpaired) electrons. The predicted molar refractivity (Wildman–Crippen MR) is 41.9 cm³/mol. The van der Waals surface area contributed by atoms with Crippen LogP contribution < -0.4 is 5.73 Å². The van der Waals surface area contributed by atoms with Gasteiger partial charge in [0.1, 0.15) is 17.7 Å². The van der Waals surface area contributed by atoms with Crippen molar-refractivity contribution in [2.45, 2.75) is 0 Å². The second kappa shape index (κ2) is 2.81. The number of hydrogen-bond donors (Lipinski definition) is 2. The molecule has 0 amide bonds. The van der Waals surface area contributed by atoms with Crippen LogP contribution in [0.4, 0.5) is 5.69 Å². The van der Waals surface area contributed by atoms with Crippen molar-refractivity contribution in [3.8, 4) is 17.9 Å². The summed E-state index contributed by atoms with van der Waals surface area (Å²) < 4.78 is 0. The zero-order valence-electron chi connectivity index (χ0n) is 6.07. The van der Waals surface area contributed by atoms with E-state index in [1.54, 1.807) is 12.1 Å². The second-order valence-electron chi connectivity index (χ2n) is 2.15. The summed E-state index contributed by atoms with van der Waals surface area (Å²) in [6.45, 7) is 0. The van der Waals surface area contributed by atoms with Crippen LogP contribution in [0.3, 0.4) is 0 Å². The lowest BCUT2D eigenvalue weighted by Gasteiger charge is -2.00. The Morgan fingerprint density at radius 2 is 1.92 bits per heavy atom. The summed E-state index contributed by atoms with van der Waals surface area (Å²) in [5.41, 5.74) is 5.47. The number of nitrogens with two attached hydrogens (primary N) is 1. The van der Waals surface area contributed by atoms with Gasteiger partial charge < -0.3 is 10.8 Å². The normalized spacial score (nSPS) is 8.50. The minimum Gasteiger partial charge on any atom is -0.504 e. The van der Waals surface area contributed by atoms with Gasteiger partial charge in [-0.3, -0.25) is 0 Å². The Morgan fingerprint density at radius 1 is 1.25 bits per heavy atom. The number of aromatic hydroxyl groups is 1. The van der Waals surface area contributed by atoms with Crippen molar-refractivity contribution in [1.29, 1.82) is 10.5 Å². The average molecular weight is 159 g/mol. The largest absolute Gasteiger partial charge is 0.504 e. The number of phenols is 1. The SMILES string of the molecule is N#Cc1ccc(N)c(O)c1C#N. The molecule has 0 saturated carbocycles. The standard InChI is InChI=1S/C8H5N3O/c9-3-5-1-2-7(11)8(12)6(5)4-10/h1-2,12H,11H2. The number of nitrogens with zero attached hydrogens (tertiary/aromatic N) is 2. The summed E-state index contributed by atoms with van der Waals surface area (Å²) in [6, 6.07) is 6.26. The van der Waals surface area contributed by atoms with Crippen molar-refractivity contribution in [3.05, 3.63) is 23.3 Å². The maximum atomic E-state index is 9.21. The van der Waals surface area contributed by atoms with Gasteiger partial charge in [0, 0.05) is 0 Å². The number of rotatable bonds is 0. The number of hydrogen-bond acceptors (Lipinski definition) is 4. The van der Waals surface area contributed by atoms with Gasteiger partial charge in [-0.2, -0.15) is 10.5 Å². The Kier molecular flexibility index (Phi) is 1.85. The summed E-state index contributed by atoms with van der Waals surface area (Å²) in [5.74, 6) is -0.323. The topological polar surface area (TPSA) is 93.8 Å². The quantitative estimate of drug-likeness (QED) is 0.430. The fraction of sp³-hybridized carbons (Fsp3) is 0. The number of anilines is 1. The molecule has 0 unspecified atom stereocenters. The van der Waals surface area contributed by atoms with E-state index >= 15 is 0 Å². The lowest BCUT2D eigenvalue weighted by Crippen LogP contribution is -1.91. The first-order valence-corrected chi connectivity index (χ1v) is 3.12. The van der Waals surface area contributed by atoms with Gasteiger partial charge in [0.05, 0.1) is 11.3 Å². The second-order valence-corrected chi connectivity index (χ2v) is 2.15. The summed E-state index contributed by atoms with van der Waals surface area (Å²) in [7, 11) is 0. The molecule has 3 N–H and O–H groups in total. The van der Waals surface area contributed by atoms with E-state index in [1.807, 2.05) is 0 Å². The molecule has 12 heavy (non-hydrogen) atoms. The van der Waals surface area contributed by atoms with Crippen LogP contribution in [0, 0.1) is 22.7 Å². The Hall–Kier alpha value is -2.20. The zero-order chi connectivity index (χ0) is 9.14. The molecule has 0 saturated heterocycles. The zero-order valence-corrected chi connectivity index (χ0v) is 6.07. The first-order valence-electron chi connectivity index (χ1n) is 3.12. The molecular weight excluding hydrogens is 154 g/mol. The Labute approximate surface area is 69.1 Å². The monoisotopic (exact) mass is 159 g/mol. The van der Waals surface area contributed by atoms with E-state index in [-0.39, 0.29) is 22.6 Å². The smallest absolute Gasteiger partial charge is 0.157 e. The molecule has 0 aliphatic rings. The van der Waals surface area contributed by atoms with Crippen molar-refractivity contribution in [1.82, 2.24) is 0 Å². The van der Waals surface area contributed by atoms with Crippen LogP contribution in [0.2, 0.25) is 0 Å². The molecule has 4 heteroatoms. The highest BCUT2D eigenvalue weighted by molar-refractivity contribution is 5.65. The molecule has 0 aromatic heterocycles. The lowest BCUT2D eigenvalue weighted by atomic mass is 10.1. The molecular formula is C8H5N3O. The molecule has 0 aliphatic carbocycles. The van der Waals surface area contributed by atoms with Crippen LogP contribution in [0.5, 0.6) is 5.75 Å². The van der Waals surface area contributed by atoms with Crippen LogP contribution in [0.15, 0.2) is 12.1 Å². The van der Waals surface area contributed by atoms with E-state index in [2.05, 4.69) is 0 Å². The molecule has 0 heterocycles. The molecule has 4 nitrogen and oxygen atoms in total. The van der Waals surface area contributed by atoms with Crippen molar-refractivity contribution < 1.29 is 5.11 Å². The molecule has 0 fully saturated rings. The number of nitriles is 2. The lowest BCUT2D eigenvalue weighted by molar-refractivity contribution is 0.476. The third kappa shape index (κ3) is 1.02. The highest BCUT2D eigenvalue weighted by Gasteiger charge is 2.09. The van der Waals surface area contributed by atoms with E-state index < -0.39 is 0 Å². The average Bonchev–Trinajstić information content (AvgIpc) is 2.09. The Morgan fingerprint density at radius 3 is 2.42 bits per heavy atom. The maximum absolute atomic E-state index is 9.21. The summed E-state index contributed by atoms with van der Waals surface area (Å²) >= 11 is 0. The van der Waals surface area contributed by atoms with Gasteiger partial charge in [-0.15, -0.1) is 0 Å². The van der Waals surface area contributed by atoms with Gasteiger partial charge in [-0.25, -0.2) is 0 Å². The fourth-order valence-corrected chi connectivity index (χ4v) is 0.814. The minimum atomic E-state index is -0.323. The van der Waals surface area contributed by atoms with E-state index in [1.165, 1.54) is 12.1 Å². The van der Waals surface area contributed by atoms with Gasteiger partial charge in [-0.1, -0.05) is 0 Å². The van der Waals surface area contributed by atoms with Gasteiger partial charge in [0.25, 0.3) is 0 Å². The Bertz CT molecular complexity index is 398. The van der Waals surface area contributed by atoms with Gasteiger partial charge in [-0.05, 0) is 12.1 Å². The molecule has 1 aromatic rings. The molecule has 1 aromatic carbocycles. The summed E-state index contributed by atoms with van der Waals surface area (Å²) in [6.07, 6.45) is 0. The third-order valence-corrected chi connectivity index (χ3v) is 1.44. The molecule has 0 bridgehead atoms. The molecule has 1 rings (SSSR count). The van der Waals surface area contributed by atoms with Crippen LogP contribution in [-0.2, 0) is 0 Å². The van der Waals surface area contributed by atoms with E-state index in [9.17, 15) is 5.11 Å². The van der Waals surface area contributed by atoms with Crippen molar-refractivity contribution >= 4 is 5.69 Å². The van der Waals surface area contributed by atoms with E-state index in [0.717, 1.165) is 0 Å². The molecule has 0 atom stereocenters. The number of phenolic OH excluding ortho intramolecular Hbond substituents is 1. The van der Waals surface area contributed by atoms with Crippen LogP contribution in [-0.4, -0.2) is 5.11 Å². The van der Waals surface area contributed by atoms with Crippen molar-refractivity contribution in [2.75, 3.05) is 5.73 Å². The van der Waals surface area contributed by atoms with Crippen LogP contribution in [0.25, 0.3) is 0 Å². The van der Waals surface area contributed by atoms with Crippen molar-refractivity contribution in [3.63, 3.8) is 0 Å². The minimum absolute atomic E-state index is 0.0718. The highest BCUT2D eigenvalue weighted by atomic mass is 16.3. The number of benzene rings is 1. The first kappa shape index (κ1) is 7.90. The number of nitrogen functional groups attached to an aromatic ring is 1. The Balaban J connectivity index is 3.52. The van der Waals surface area contributed by atoms with Gasteiger partial charge in [0.2, 0.25) is 0 Å². The summed E-state index contributed by atoms with van der Waals surface area (Å²) in [5, 5.41) is 26.3.